The molecule has 2 N–H and O–H groups in total. The number of rotatable bonds is 7. The molecule has 5 nitrogen and oxygen atoms in total. The van der Waals surface area contributed by atoms with Gasteiger partial charge in [0.15, 0.2) is 0 Å². The van der Waals surface area contributed by atoms with Crippen LogP contribution in [0.2, 0.25) is 0 Å². The number of nitrogens with one attached hydrogen (secondary N) is 2. The van der Waals surface area contributed by atoms with Crippen molar-refractivity contribution in [2.45, 2.75) is 51.7 Å². The SMILES string of the molecule is CC(COC1CCOC1)NC(=O)CC(C)C1CCNCC1.Cl. The number of piperidine rings is 1. The van der Waals surface area contributed by atoms with E-state index in [-0.39, 0.29) is 30.5 Å². The number of carbonyl (C=O) groups is 1. The first-order chi connectivity index (χ1) is 10.1. The third-order valence-electron chi connectivity index (χ3n) is 4.57. The van der Waals surface area contributed by atoms with Crippen molar-refractivity contribution in [2.75, 3.05) is 32.9 Å². The third kappa shape index (κ3) is 6.82. The molecule has 0 radical (unpaired) electrons. The summed E-state index contributed by atoms with van der Waals surface area (Å²) in [4.78, 5) is 12.1. The topological polar surface area (TPSA) is 59.6 Å². The van der Waals surface area contributed by atoms with Gasteiger partial charge in [-0.25, -0.2) is 0 Å². The Labute approximate surface area is 140 Å². The molecule has 0 aromatic rings. The van der Waals surface area contributed by atoms with E-state index in [9.17, 15) is 4.79 Å². The summed E-state index contributed by atoms with van der Waals surface area (Å²) >= 11 is 0. The average molecular weight is 335 g/mol. The highest BCUT2D eigenvalue weighted by molar-refractivity contribution is 5.85. The van der Waals surface area contributed by atoms with Crippen LogP contribution in [-0.4, -0.2) is 51.0 Å². The van der Waals surface area contributed by atoms with Crippen LogP contribution >= 0.6 is 12.4 Å². The van der Waals surface area contributed by atoms with Gasteiger partial charge in [-0.3, -0.25) is 4.79 Å². The van der Waals surface area contributed by atoms with Gasteiger partial charge < -0.3 is 20.1 Å². The Hall–Kier alpha value is -0.360. The van der Waals surface area contributed by atoms with Gasteiger partial charge in [-0.2, -0.15) is 0 Å². The van der Waals surface area contributed by atoms with Crippen molar-refractivity contribution in [3.05, 3.63) is 0 Å². The first-order valence-electron chi connectivity index (χ1n) is 8.34. The fourth-order valence-corrected chi connectivity index (χ4v) is 3.17. The van der Waals surface area contributed by atoms with Crippen molar-refractivity contribution in [3.63, 3.8) is 0 Å². The maximum Gasteiger partial charge on any atom is 0.220 e. The smallest absolute Gasteiger partial charge is 0.220 e. The number of amides is 1. The highest BCUT2D eigenvalue weighted by Crippen LogP contribution is 2.24. The van der Waals surface area contributed by atoms with Gasteiger partial charge in [0.05, 0.1) is 19.3 Å². The van der Waals surface area contributed by atoms with Crippen LogP contribution in [0.5, 0.6) is 0 Å². The quantitative estimate of drug-likeness (QED) is 0.744. The lowest BCUT2D eigenvalue weighted by molar-refractivity contribution is -0.123. The average Bonchev–Trinajstić information content (AvgIpc) is 2.99. The van der Waals surface area contributed by atoms with Crippen LogP contribution < -0.4 is 10.6 Å². The summed E-state index contributed by atoms with van der Waals surface area (Å²) < 4.78 is 11.0. The van der Waals surface area contributed by atoms with E-state index in [1.54, 1.807) is 0 Å². The van der Waals surface area contributed by atoms with E-state index < -0.39 is 0 Å². The molecule has 2 rings (SSSR count). The summed E-state index contributed by atoms with van der Waals surface area (Å²) in [5.41, 5.74) is 0. The Morgan fingerprint density at radius 2 is 2.05 bits per heavy atom. The normalized spacial score (nSPS) is 25.3. The minimum Gasteiger partial charge on any atom is -0.379 e. The van der Waals surface area contributed by atoms with Gasteiger partial charge >= 0.3 is 0 Å². The van der Waals surface area contributed by atoms with E-state index in [4.69, 9.17) is 9.47 Å². The summed E-state index contributed by atoms with van der Waals surface area (Å²) in [6, 6.07) is 0.0679. The highest BCUT2D eigenvalue weighted by Gasteiger charge is 2.23. The lowest BCUT2D eigenvalue weighted by Gasteiger charge is -2.28. The van der Waals surface area contributed by atoms with E-state index in [0.717, 1.165) is 26.1 Å². The molecule has 2 aliphatic rings. The standard InChI is InChI=1S/C16H30N2O3.ClH/c1-12(14-3-6-17-7-4-14)9-16(19)18-13(2)10-21-15-5-8-20-11-15;/h12-15,17H,3-11H2,1-2H3,(H,18,19);1H. The van der Waals surface area contributed by atoms with Crippen LogP contribution in [0.3, 0.4) is 0 Å². The van der Waals surface area contributed by atoms with Gasteiger partial charge in [0, 0.05) is 19.1 Å². The molecule has 130 valence electrons. The Morgan fingerprint density at radius 3 is 2.68 bits per heavy atom. The zero-order valence-corrected chi connectivity index (χ0v) is 14.6. The zero-order chi connectivity index (χ0) is 15.1. The maximum absolute atomic E-state index is 12.1. The van der Waals surface area contributed by atoms with Crippen molar-refractivity contribution in [3.8, 4) is 0 Å². The molecule has 2 saturated heterocycles. The van der Waals surface area contributed by atoms with Gasteiger partial charge in [-0.1, -0.05) is 6.92 Å². The molecule has 0 saturated carbocycles. The molecule has 3 unspecified atom stereocenters. The molecular weight excluding hydrogens is 304 g/mol. The Bertz CT molecular complexity index is 319. The van der Waals surface area contributed by atoms with Gasteiger partial charge in [0.1, 0.15) is 0 Å². The first-order valence-corrected chi connectivity index (χ1v) is 8.34. The van der Waals surface area contributed by atoms with Gasteiger partial charge in [-0.15, -0.1) is 12.4 Å². The molecule has 0 aromatic heterocycles. The highest BCUT2D eigenvalue weighted by atomic mass is 35.5. The van der Waals surface area contributed by atoms with Crippen molar-refractivity contribution in [1.82, 2.24) is 10.6 Å². The van der Waals surface area contributed by atoms with Gasteiger partial charge in [-0.05, 0) is 51.1 Å². The second-order valence-corrected chi connectivity index (χ2v) is 6.56. The Morgan fingerprint density at radius 1 is 1.32 bits per heavy atom. The number of carbonyl (C=O) groups excluding carboxylic acids is 1. The van der Waals surface area contributed by atoms with Crippen LogP contribution in [0.15, 0.2) is 0 Å². The van der Waals surface area contributed by atoms with Crippen LogP contribution in [0.1, 0.15) is 39.5 Å². The van der Waals surface area contributed by atoms with E-state index in [1.807, 2.05) is 6.92 Å². The first kappa shape index (κ1) is 19.7. The molecular formula is C16H31ClN2O3. The van der Waals surface area contributed by atoms with E-state index in [0.29, 0.717) is 31.5 Å². The van der Waals surface area contributed by atoms with Crippen molar-refractivity contribution in [2.24, 2.45) is 11.8 Å². The zero-order valence-electron chi connectivity index (χ0n) is 13.8. The number of hydrogen-bond donors (Lipinski definition) is 2. The molecule has 6 heteroatoms. The molecule has 1 amide bonds. The summed E-state index contributed by atoms with van der Waals surface area (Å²) in [5.74, 6) is 1.29. The van der Waals surface area contributed by atoms with E-state index in [1.165, 1.54) is 12.8 Å². The number of halogens is 1. The van der Waals surface area contributed by atoms with Crippen LogP contribution in [-0.2, 0) is 14.3 Å². The lowest BCUT2D eigenvalue weighted by Crippen LogP contribution is -2.39. The molecule has 3 atom stereocenters. The number of hydrogen-bond acceptors (Lipinski definition) is 4. The second-order valence-electron chi connectivity index (χ2n) is 6.56. The Kier molecular flexibility index (Phi) is 9.33. The monoisotopic (exact) mass is 334 g/mol. The molecule has 0 aliphatic carbocycles. The summed E-state index contributed by atoms with van der Waals surface area (Å²) in [5, 5.41) is 6.42. The van der Waals surface area contributed by atoms with Crippen molar-refractivity contribution in [1.29, 1.82) is 0 Å². The predicted octanol–water partition coefficient (Wildman–Crippen LogP) is 1.74. The summed E-state index contributed by atoms with van der Waals surface area (Å²) in [7, 11) is 0. The third-order valence-corrected chi connectivity index (χ3v) is 4.57. The largest absolute Gasteiger partial charge is 0.379 e. The summed E-state index contributed by atoms with van der Waals surface area (Å²) in [6.07, 6.45) is 4.18. The van der Waals surface area contributed by atoms with Gasteiger partial charge in [0.25, 0.3) is 0 Å². The van der Waals surface area contributed by atoms with Crippen LogP contribution in [0.25, 0.3) is 0 Å². The second kappa shape index (κ2) is 10.4. The minimum absolute atomic E-state index is 0. The molecule has 2 fully saturated rings. The van der Waals surface area contributed by atoms with Crippen molar-refractivity contribution < 1.29 is 14.3 Å². The molecule has 0 spiro atoms. The minimum atomic E-state index is 0. The Balaban J connectivity index is 0.00000242. The maximum atomic E-state index is 12.1. The molecule has 2 heterocycles. The molecule has 0 aromatic carbocycles. The lowest BCUT2D eigenvalue weighted by atomic mass is 9.84. The molecule has 22 heavy (non-hydrogen) atoms. The fourth-order valence-electron chi connectivity index (χ4n) is 3.17. The molecule has 2 aliphatic heterocycles. The van der Waals surface area contributed by atoms with Crippen molar-refractivity contribution >= 4 is 18.3 Å². The predicted molar refractivity (Wildman–Crippen MR) is 89.4 cm³/mol. The number of ether oxygens (including phenoxy) is 2. The fraction of sp³-hybridized carbons (Fsp3) is 0.938. The van der Waals surface area contributed by atoms with Gasteiger partial charge in [0.2, 0.25) is 5.91 Å². The van der Waals surface area contributed by atoms with Crippen LogP contribution in [0.4, 0.5) is 0 Å². The van der Waals surface area contributed by atoms with E-state index in [2.05, 4.69) is 17.6 Å². The molecule has 0 bridgehead atoms. The van der Waals surface area contributed by atoms with Crippen LogP contribution in [0, 0.1) is 11.8 Å². The van der Waals surface area contributed by atoms with E-state index >= 15 is 0 Å². The summed E-state index contributed by atoms with van der Waals surface area (Å²) in [6.45, 7) is 8.43.